The van der Waals surface area contributed by atoms with Gasteiger partial charge >= 0.3 is 5.97 Å². The highest BCUT2D eigenvalue weighted by molar-refractivity contribution is 5.66. The molecule has 21 heavy (non-hydrogen) atoms. The molecule has 6 heteroatoms. The van der Waals surface area contributed by atoms with Crippen molar-refractivity contribution in [1.82, 2.24) is 0 Å². The molecule has 126 valence electrons. The van der Waals surface area contributed by atoms with E-state index < -0.39 is 18.2 Å². The first-order chi connectivity index (χ1) is 9.77. The van der Waals surface area contributed by atoms with Crippen LogP contribution in [0.4, 0.5) is 0 Å². The summed E-state index contributed by atoms with van der Waals surface area (Å²) in [4.78, 5) is 19.9. The van der Waals surface area contributed by atoms with Gasteiger partial charge in [0.1, 0.15) is 6.10 Å². The molecule has 0 rings (SSSR count). The summed E-state index contributed by atoms with van der Waals surface area (Å²) in [7, 11) is 0. The van der Waals surface area contributed by atoms with E-state index in [1.807, 2.05) is 34.6 Å². The lowest BCUT2D eigenvalue weighted by atomic mass is 9.70. The first-order valence-electron chi connectivity index (χ1n) is 7.59. The van der Waals surface area contributed by atoms with Gasteiger partial charge in [0.15, 0.2) is 0 Å². The molecule has 6 nitrogen and oxygen atoms in total. The third-order valence-corrected chi connectivity index (χ3v) is 5.09. The molecule has 0 aromatic heterocycles. The van der Waals surface area contributed by atoms with Gasteiger partial charge in [-0.25, -0.2) is 9.78 Å². The van der Waals surface area contributed by atoms with Gasteiger partial charge in [0, 0.05) is 6.42 Å². The van der Waals surface area contributed by atoms with Crippen molar-refractivity contribution in [3.63, 3.8) is 0 Å². The van der Waals surface area contributed by atoms with Gasteiger partial charge in [-0.05, 0) is 36.5 Å². The summed E-state index contributed by atoms with van der Waals surface area (Å²) in [5, 5.41) is 27.1. The van der Waals surface area contributed by atoms with Crippen LogP contribution in [0.25, 0.3) is 0 Å². The summed E-state index contributed by atoms with van der Waals surface area (Å²) in [5.41, 5.74) is -0.199. The lowest BCUT2D eigenvalue weighted by molar-refractivity contribution is -0.331. The van der Waals surface area contributed by atoms with Crippen LogP contribution >= 0.6 is 0 Å². The van der Waals surface area contributed by atoms with Gasteiger partial charge in [-0.1, -0.05) is 34.6 Å². The first kappa shape index (κ1) is 20.3. The van der Waals surface area contributed by atoms with E-state index in [9.17, 15) is 10.1 Å². The molecule has 3 N–H and O–H groups in total. The highest BCUT2D eigenvalue weighted by Crippen LogP contribution is 2.39. The number of aliphatic carboxylic acids is 1. The Labute approximate surface area is 126 Å². The average Bonchev–Trinajstić information content (AvgIpc) is 2.47. The van der Waals surface area contributed by atoms with Crippen molar-refractivity contribution < 1.29 is 30.2 Å². The predicted molar refractivity (Wildman–Crippen MR) is 78.9 cm³/mol. The zero-order chi connectivity index (χ0) is 16.6. The minimum absolute atomic E-state index is 0.0776. The average molecular weight is 306 g/mol. The van der Waals surface area contributed by atoms with Gasteiger partial charge in [-0.2, -0.15) is 0 Å². The molecule has 0 heterocycles. The SMILES string of the molecule is CCC(C)(CC)C(OO)C(C)C(C)C(CCC(=O)O)OO. The van der Waals surface area contributed by atoms with Gasteiger partial charge in [0.05, 0.1) is 6.10 Å². The molecule has 4 unspecified atom stereocenters. The third kappa shape index (κ3) is 5.54. The summed E-state index contributed by atoms with van der Waals surface area (Å²) < 4.78 is 0. The summed E-state index contributed by atoms with van der Waals surface area (Å²) in [6, 6.07) is 0. The van der Waals surface area contributed by atoms with E-state index in [2.05, 4.69) is 4.89 Å². The van der Waals surface area contributed by atoms with Gasteiger partial charge < -0.3 is 5.11 Å². The minimum Gasteiger partial charge on any atom is -0.481 e. The smallest absolute Gasteiger partial charge is 0.303 e. The second-order valence-corrected chi connectivity index (χ2v) is 6.18. The van der Waals surface area contributed by atoms with Crippen molar-refractivity contribution in [2.24, 2.45) is 17.3 Å². The maximum Gasteiger partial charge on any atom is 0.303 e. The van der Waals surface area contributed by atoms with E-state index in [1.54, 1.807) is 0 Å². The molecule has 0 saturated carbocycles. The topological polar surface area (TPSA) is 96.2 Å². The summed E-state index contributed by atoms with van der Waals surface area (Å²) in [6.07, 6.45) is 0.796. The maximum atomic E-state index is 10.7. The molecule has 0 radical (unpaired) electrons. The van der Waals surface area contributed by atoms with E-state index in [4.69, 9.17) is 15.3 Å². The molecule has 0 spiro atoms. The molecule has 0 amide bonds. The van der Waals surface area contributed by atoms with Crippen LogP contribution in [0.3, 0.4) is 0 Å². The maximum absolute atomic E-state index is 10.7. The standard InChI is InChI=1S/C15H30O6/c1-6-15(5,7-2)14(21-19)11(4)10(3)12(20-18)8-9-13(16)17/h10-12,14,18-19H,6-9H2,1-5H3,(H,16,17). The van der Waals surface area contributed by atoms with Crippen molar-refractivity contribution >= 4 is 5.97 Å². The monoisotopic (exact) mass is 306 g/mol. The quantitative estimate of drug-likeness (QED) is 0.398. The van der Waals surface area contributed by atoms with E-state index in [0.29, 0.717) is 0 Å². The molecule has 4 atom stereocenters. The molecule has 0 fully saturated rings. The largest absolute Gasteiger partial charge is 0.481 e. The fourth-order valence-corrected chi connectivity index (χ4v) is 2.80. The number of hydrogen-bond acceptors (Lipinski definition) is 5. The Morgan fingerprint density at radius 2 is 1.62 bits per heavy atom. The van der Waals surface area contributed by atoms with Gasteiger partial charge in [-0.3, -0.25) is 15.3 Å². The molecule has 0 bridgehead atoms. The Balaban J connectivity index is 4.98. The Morgan fingerprint density at radius 3 is 1.95 bits per heavy atom. The molecule has 0 aliphatic carbocycles. The van der Waals surface area contributed by atoms with E-state index >= 15 is 0 Å². The van der Waals surface area contributed by atoms with Crippen molar-refractivity contribution in [2.45, 2.75) is 72.5 Å². The van der Waals surface area contributed by atoms with E-state index in [0.717, 1.165) is 12.8 Å². The van der Waals surface area contributed by atoms with Crippen molar-refractivity contribution in [3.05, 3.63) is 0 Å². The predicted octanol–water partition coefficient (Wildman–Crippen LogP) is 3.67. The Kier molecular flexibility index (Phi) is 9.04. The minimum atomic E-state index is -0.932. The molecule has 0 aliphatic heterocycles. The number of carbonyl (C=O) groups is 1. The van der Waals surface area contributed by atoms with Crippen LogP contribution in [0.1, 0.15) is 60.3 Å². The Morgan fingerprint density at radius 1 is 1.10 bits per heavy atom. The number of carboxylic acid groups (broad SMARTS) is 1. The van der Waals surface area contributed by atoms with Crippen molar-refractivity contribution in [2.75, 3.05) is 0 Å². The Bertz CT molecular complexity index is 303. The van der Waals surface area contributed by atoms with Crippen LogP contribution in [0.15, 0.2) is 0 Å². The molecular weight excluding hydrogens is 276 g/mol. The third-order valence-electron chi connectivity index (χ3n) is 5.09. The van der Waals surface area contributed by atoms with E-state index in [1.165, 1.54) is 0 Å². The van der Waals surface area contributed by atoms with Crippen LogP contribution in [-0.4, -0.2) is 33.8 Å². The first-order valence-corrected chi connectivity index (χ1v) is 7.59. The zero-order valence-electron chi connectivity index (χ0n) is 13.7. The molecular formula is C15H30O6. The fraction of sp³-hybridized carbons (Fsp3) is 0.933. The lowest BCUT2D eigenvalue weighted by Crippen LogP contribution is -2.43. The molecule has 0 aliphatic rings. The number of hydrogen-bond donors (Lipinski definition) is 3. The van der Waals surface area contributed by atoms with Crippen LogP contribution in [0, 0.1) is 17.3 Å². The van der Waals surface area contributed by atoms with Gasteiger partial charge in [0.2, 0.25) is 0 Å². The number of rotatable bonds is 11. The molecule has 0 aromatic carbocycles. The molecule has 0 aromatic rings. The van der Waals surface area contributed by atoms with Crippen LogP contribution < -0.4 is 0 Å². The van der Waals surface area contributed by atoms with Gasteiger partial charge in [-0.15, -0.1) is 0 Å². The van der Waals surface area contributed by atoms with Gasteiger partial charge in [0.25, 0.3) is 0 Å². The van der Waals surface area contributed by atoms with Crippen LogP contribution in [0.5, 0.6) is 0 Å². The van der Waals surface area contributed by atoms with Crippen LogP contribution in [0.2, 0.25) is 0 Å². The number of carboxylic acids is 1. The van der Waals surface area contributed by atoms with E-state index in [-0.39, 0.29) is 30.1 Å². The van der Waals surface area contributed by atoms with Crippen LogP contribution in [-0.2, 0) is 14.6 Å². The second kappa shape index (κ2) is 9.35. The lowest BCUT2D eigenvalue weighted by Gasteiger charge is -2.40. The highest BCUT2D eigenvalue weighted by Gasteiger charge is 2.40. The summed E-state index contributed by atoms with van der Waals surface area (Å²) in [5.74, 6) is -1.20. The normalized spacial score (nSPS) is 18.0. The second-order valence-electron chi connectivity index (χ2n) is 6.18. The Hall–Kier alpha value is -0.690. The zero-order valence-corrected chi connectivity index (χ0v) is 13.7. The summed E-state index contributed by atoms with van der Waals surface area (Å²) >= 11 is 0. The highest BCUT2D eigenvalue weighted by atomic mass is 17.1. The molecule has 0 saturated heterocycles. The van der Waals surface area contributed by atoms with Crippen molar-refractivity contribution in [3.8, 4) is 0 Å². The summed E-state index contributed by atoms with van der Waals surface area (Å²) in [6.45, 7) is 9.91. The fourth-order valence-electron chi connectivity index (χ4n) is 2.80. The van der Waals surface area contributed by atoms with Crippen molar-refractivity contribution in [1.29, 1.82) is 0 Å².